The van der Waals surface area contributed by atoms with Crippen molar-refractivity contribution < 1.29 is 0 Å². The van der Waals surface area contributed by atoms with Gasteiger partial charge in [0.05, 0.1) is 0 Å². The largest absolute Gasteiger partial charge is 0.302 e. The van der Waals surface area contributed by atoms with Gasteiger partial charge in [-0.2, -0.15) is 0 Å². The van der Waals surface area contributed by atoms with E-state index in [1.165, 1.54) is 41.5 Å². The molecule has 2 aliphatic rings. The predicted molar refractivity (Wildman–Crippen MR) is 113 cm³/mol. The van der Waals surface area contributed by atoms with E-state index >= 15 is 0 Å². The standard InChI is InChI=1S/C21H23BrCl2N2/c22-20-6-2-1-5-15(20)13-26-19(14-25-7-3-4-8-25)12-21(26)16-9-17(23)11-18(24)10-16/h1-2,5-6,9-11,19,21H,3-4,7-8,12-14H2. The second-order valence-electron chi connectivity index (χ2n) is 7.38. The molecule has 2 aromatic rings. The molecule has 4 rings (SSSR count). The molecular weight excluding hydrogens is 431 g/mol. The number of likely N-dealkylation sites (tertiary alicyclic amines) is 2. The first kappa shape index (κ1) is 18.8. The second kappa shape index (κ2) is 8.20. The molecule has 2 aliphatic heterocycles. The number of hydrogen-bond acceptors (Lipinski definition) is 2. The molecular formula is C21H23BrCl2N2. The van der Waals surface area contributed by atoms with E-state index in [1.807, 2.05) is 6.07 Å². The average Bonchev–Trinajstić information content (AvgIpc) is 3.10. The van der Waals surface area contributed by atoms with Crippen LogP contribution in [0.3, 0.4) is 0 Å². The van der Waals surface area contributed by atoms with E-state index in [4.69, 9.17) is 23.2 Å². The van der Waals surface area contributed by atoms with E-state index in [1.54, 1.807) is 0 Å². The van der Waals surface area contributed by atoms with Crippen molar-refractivity contribution in [3.8, 4) is 0 Å². The SMILES string of the molecule is Clc1cc(Cl)cc(C2CC(CN3CCCC3)N2Cc2ccccc2Br)c1. The van der Waals surface area contributed by atoms with Gasteiger partial charge in [-0.3, -0.25) is 4.90 Å². The first-order chi connectivity index (χ1) is 12.6. The van der Waals surface area contributed by atoms with Crippen LogP contribution in [-0.2, 0) is 6.54 Å². The molecule has 0 bridgehead atoms. The molecule has 26 heavy (non-hydrogen) atoms. The molecule has 0 saturated carbocycles. The second-order valence-corrected chi connectivity index (χ2v) is 9.11. The quantitative estimate of drug-likeness (QED) is 0.534. The topological polar surface area (TPSA) is 6.48 Å². The lowest BCUT2D eigenvalue weighted by molar-refractivity contribution is -0.0117. The third-order valence-electron chi connectivity index (χ3n) is 5.61. The first-order valence-electron chi connectivity index (χ1n) is 9.27. The minimum atomic E-state index is 0.380. The van der Waals surface area contributed by atoms with Gasteiger partial charge in [0.1, 0.15) is 0 Å². The zero-order valence-corrected chi connectivity index (χ0v) is 17.8. The lowest BCUT2D eigenvalue weighted by Gasteiger charge is -2.50. The average molecular weight is 454 g/mol. The molecule has 2 aromatic carbocycles. The van der Waals surface area contributed by atoms with Crippen molar-refractivity contribution in [2.45, 2.75) is 37.9 Å². The van der Waals surface area contributed by atoms with Crippen LogP contribution in [0.1, 0.15) is 36.4 Å². The molecule has 2 heterocycles. The highest BCUT2D eigenvalue weighted by molar-refractivity contribution is 9.10. The normalized spacial score (nSPS) is 24.0. The van der Waals surface area contributed by atoms with Crippen LogP contribution in [0, 0.1) is 0 Å². The van der Waals surface area contributed by atoms with Crippen molar-refractivity contribution in [3.63, 3.8) is 0 Å². The third kappa shape index (κ3) is 4.13. The Morgan fingerprint density at radius 2 is 1.69 bits per heavy atom. The summed E-state index contributed by atoms with van der Waals surface area (Å²) in [6.45, 7) is 4.59. The summed E-state index contributed by atoms with van der Waals surface area (Å²) < 4.78 is 1.18. The minimum Gasteiger partial charge on any atom is -0.302 e. The fourth-order valence-corrected chi connectivity index (χ4v) is 5.20. The summed E-state index contributed by atoms with van der Waals surface area (Å²) in [5.74, 6) is 0. The summed E-state index contributed by atoms with van der Waals surface area (Å²) >= 11 is 16.2. The molecule has 138 valence electrons. The Balaban J connectivity index is 1.56. The van der Waals surface area contributed by atoms with Gasteiger partial charge in [0, 0.05) is 39.7 Å². The highest BCUT2D eigenvalue weighted by atomic mass is 79.9. The van der Waals surface area contributed by atoms with Crippen molar-refractivity contribution in [1.82, 2.24) is 9.80 Å². The van der Waals surface area contributed by atoms with Crippen LogP contribution in [0.15, 0.2) is 46.9 Å². The molecule has 2 atom stereocenters. The zero-order chi connectivity index (χ0) is 18.1. The number of nitrogens with zero attached hydrogens (tertiary/aromatic N) is 2. The smallest absolute Gasteiger partial charge is 0.0424 e. The van der Waals surface area contributed by atoms with E-state index in [0.29, 0.717) is 12.1 Å². The summed E-state index contributed by atoms with van der Waals surface area (Å²) in [5, 5.41) is 1.44. The van der Waals surface area contributed by atoms with Crippen LogP contribution in [0.25, 0.3) is 0 Å². The highest BCUT2D eigenvalue weighted by Gasteiger charge is 2.40. The summed E-state index contributed by atoms with van der Waals surface area (Å²) in [5.41, 5.74) is 2.56. The molecule has 0 radical (unpaired) electrons. The number of halogens is 3. The van der Waals surface area contributed by atoms with Gasteiger partial charge in [0.15, 0.2) is 0 Å². The van der Waals surface area contributed by atoms with Crippen molar-refractivity contribution in [1.29, 1.82) is 0 Å². The van der Waals surface area contributed by atoms with E-state index in [2.05, 4.69) is 62.1 Å². The summed E-state index contributed by atoms with van der Waals surface area (Å²) in [6.07, 6.45) is 3.84. The zero-order valence-electron chi connectivity index (χ0n) is 14.7. The first-order valence-corrected chi connectivity index (χ1v) is 10.8. The molecule has 2 saturated heterocycles. The fraction of sp³-hybridized carbons (Fsp3) is 0.429. The van der Waals surface area contributed by atoms with Crippen LogP contribution < -0.4 is 0 Å². The van der Waals surface area contributed by atoms with Crippen molar-refractivity contribution in [2.24, 2.45) is 0 Å². The van der Waals surface area contributed by atoms with Crippen LogP contribution in [0.2, 0.25) is 10.0 Å². The summed E-state index contributed by atoms with van der Waals surface area (Å²) in [4.78, 5) is 5.22. The van der Waals surface area contributed by atoms with E-state index < -0.39 is 0 Å². The molecule has 2 unspecified atom stereocenters. The van der Waals surface area contributed by atoms with Crippen LogP contribution in [-0.4, -0.2) is 35.5 Å². The molecule has 0 spiro atoms. The Morgan fingerprint density at radius 1 is 1.00 bits per heavy atom. The Morgan fingerprint density at radius 3 is 2.38 bits per heavy atom. The number of benzene rings is 2. The summed E-state index contributed by atoms with van der Waals surface area (Å²) in [6, 6.07) is 15.4. The van der Waals surface area contributed by atoms with Gasteiger partial charge in [-0.15, -0.1) is 0 Å². The maximum absolute atomic E-state index is 6.26. The molecule has 0 N–H and O–H groups in total. The number of hydrogen-bond donors (Lipinski definition) is 0. The maximum atomic E-state index is 6.26. The molecule has 0 aromatic heterocycles. The van der Waals surface area contributed by atoms with Crippen LogP contribution in [0.5, 0.6) is 0 Å². The Labute approximate surface area is 174 Å². The summed E-state index contributed by atoms with van der Waals surface area (Å²) in [7, 11) is 0. The van der Waals surface area contributed by atoms with Crippen molar-refractivity contribution >= 4 is 39.1 Å². The number of rotatable bonds is 5. The highest BCUT2D eigenvalue weighted by Crippen LogP contribution is 2.42. The van der Waals surface area contributed by atoms with Gasteiger partial charge in [-0.25, -0.2) is 0 Å². The monoisotopic (exact) mass is 452 g/mol. The van der Waals surface area contributed by atoms with Gasteiger partial charge >= 0.3 is 0 Å². The molecule has 2 nitrogen and oxygen atoms in total. The molecule has 2 fully saturated rings. The third-order valence-corrected chi connectivity index (χ3v) is 6.82. The van der Waals surface area contributed by atoms with Crippen molar-refractivity contribution in [2.75, 3.05) is 19.6 Å². The van der Waals surface area contributed by atoms with E-state index in [-0.39, 0.29) is 0 Å². The maximum Gasteiger partial charge on any atom is 0.0424 e. The predicted octanol–water partition coefficient (Wildman–Crippen LogP) is 6.17. The van der Waals surface area contributed by atoms with Gasteiger partial charge in [0.2, 0.25) is 0 Å². The van der Waals surface area contributed by atoms with Gasteiger partial charge in [-0.05, 0) is 67.7 Å². The molecule has 5 heteroatoms. The van der Waals surface area contributed by atoms with Crippen LogP contribution in [0.4, 0.5) is 0 Å². The van der Waals surface area contributed by atoms with Gasteiger partial charge in [0.25, 0.3) is 0 Å². The van der Waals surface area contributed by atoms with Gasteiger partial charge < -0.3 is 4.90 Å². The van der Waals surface area contributed by atoms with E-state index in [9.17, 15) is 0 Å². The van der Waals surface area contributed by atoms with E-state index in [0.717, 1.165) is 29.6 Å². The minimum absolute atomic E-state index is 0.380. The Kier molecular flexibility index (Phi) is 5.92. The fourth-order valence-electron chi connectivity index (χ4n) is 4.25. The van der Waals surface area contributed by atoms with Gasteiger partial charge in [-0.1, -0.05) is 57.3 Å². The lowest BCUT2D eigenvalue weighted by Crippen LogP contribution is -2.54. The van der Waals surface area contributed by atoms with Crippen LogP contribution >= 0.6 is 39.1 Å². The molecule has 0 amide bonds. The Hall–Kier alpha value is -0.580. The van der Waals surface area contributed by atoms with Crippen molar-refractivity contribution in [3.05, 3.63) is 68.1 Å². The lowest BCUT2D eigenvalue weighted by atomic mass is 9.86. The Bertz CT molecular complexity index is 756. The molecule has 0 aliphatic carbocycles.